The van der Waals surface area contributed by atoms with Gasteiger partial charge < -0.3 is 10.1 Å². The van der Waals surface area contributed by atoms with Crippen molar-refractivity contribution in [2.45, 2.75) is 77.9 Å². The van der Waals surface area contributed by atoms with E-state index in [-0.39, 0.29) is 11.4 Å². The minimum atomic E-state index is -0.565. The maximum Gasteiger partial charge on any atom is 0.414 e. The highest BCUT2D eigenvalue weighted by Crippen LogP contribution is 2.41. The van der Waals surface area contributed by atoms with Gasteiger partial charge in [0.15, 0.2) is 0 Å². The van der Waals surface area contributed by atoms with Crippen LogP contribution >= 0.6 is 0 Å². The first-order valence-electron chi connectivity index (χ1n) is 10.2. The Hall–Kier alpha value is -2.63. The molecule has 0 aliphatic heterocycles. The maximum atomic E-state index is 11.8. The van der Waals surface area contributed by atoms with Crippen LogP contribution in [0.2, 0.25) is 0 Å². The molecule has 0 unspecified atom stereocenters. The number of hydrogen-bond donors (Lipinski definition) is 2. The van der Waals surface area contributed by atoms with Gasteiger partial charge in [-0.25, -0.2) is 14.8 Å². The number of anilines is 2. The molecule has 1 amide bonds. The lowest BCUT2D eigenvalue weighted by molar-refractivity contribution is 0.0634. The van der Waals surface area contributed by atoms with Crippen LogP contribution in [0.5, 0.6) is 0 Å². The van der Waals surface area contributed by atoms with E-state index in [1.807, 2.05) is 20.8 Å². The SMILES string of the molecule is CC(C)(C)OC(=O)Nc1ncc(NCc2cc(C3CC3)cc(C(C)(C)C)c2)cn1. The number of amides is 1. The molecule has 0 radical (unpaired) electrons. The van der Waals surface area contributed by atoms with Crippen molar-refractivity contribution >= 4 is 17.7 Å². The van der Waals surface area contributed by atoms with Gasteiger partial charge >= 0.3 is 6.09 Å². The molecule has 1 fully saturated rings. The first-order chi connectivity index (χ1) is 13.5. The third-order valence-corrected chi connectivity index (χ3v) is 4.69. The van der Waals surface area contributed by atoms with E-state index < -0.39 is 11.7 Å². The van der Waals surface area contributed by atoms with Crippen LogP contribution in [-0.4, -0.2) is 21.7 Å². The van der Waals surface area contributed by atoms with Crippen LogP contribution in [0.4, 0.5) is 16.4 Å². The second-order valence-corrected chi connectivity index (χ2v) is 9.76. The number of benzene rings is 1. The van der Waals surface area contributed by atoms with Crippen LogP contribution in [0.1, 0.15) is 77.0 Å². The second kappa shape index (κ2) is 8.01. The summed E-state index contributed by atoms with van der Waals surface area (Å²) in [6, 6.07) is 6.94. The molecule has 1 aromatic heterocycles. The predicted octanol–water partition coefficient (Wildman–Crippen LogP) is 5.61. The number of ether oxygens (including phenoxy) is 1. The van der Waals surface area contributed by atoms with Gasteiger partial charge in [-0.15, -0.1) is 0 Å². The van der Waals surface area contributed by atoms with Gasteiger partial charge in [0, 0.05) is 6.54 Å². The number of carbonyl (C=O) groups is 1. The number of nitrogens with zero attached hydrogens (tertiary/aromatic N) is 2. The van der Waals surface area contributed by atoms with Gasteiger partial charge in [0.1, 0.15) is 5.60 Å². The number of carbonyl (C=O) groups excluding carboxylic acids is 1. The second-order valence-electron chi connectivity index (χ2n) is 9.76. The average molecular weight is 397 g/mol. The Morgan fingerprint density at radius 1 is 1.07 bits per heavy atom. The van der Waals surface area contributed by atoms with E-state index in [2.05, 4.69) is 59.6 Å². The number of rotatable bonds is 5. The number of hydrogen-bond acceptors (Lipinski definition) is 5. The maximum absolute atomic E-state index is 11.8. The fraction of sp³-hybridized carbons (Fsp3) is 0.522. The van der Waals surface area contributed by atoms with Crippen LogP contribution in [0.25, 0.3) is 0 Å². The molecule has 6 nitrogen and oxygen atoms in total. The van der Waals surface area contributed by atoms with Crippen molar-refractivity contribution in [3.05, 3.63) is 47.3 Å². The molecule has 2 aromatic rings. The van der Waals surface area contributed by atoms with Crippen molar-refractivity contribution < 1.29 is 9.53 Å². The third-order valence-electron chi connectivity index (χ3n) is 4.69. The van der Waals surface area contributed by atoms with E-state index in [4.69, 9.17) is 4.74 Å². The molecule has 29 heavy (non-hydrogen) atoms. The molecule has 2 N–H and O–H groups in total. The van der Waals surface area contributed by atoms with Crippen molar-refractivity contribution in [2.24, 2.45) is 0 Å². The van der Waals surface area contributed by atoms with Crippen molar-refractivity contribution in [3.63, 3.8) is 0 Å². The Morgan fingerprint density at radius 3 is 2.28 bits per heavy atom. The monoisotopic (exact) mass is 396 g/mol. The molecule has 1 aliphatic carbocycles. The first-order valence-corrected chi connectivity index (χ1v) is 10.2. The fourth-order valence-corrected chi connectivity index (χ4v) is 2.99. The van der Waals surface area contributed by atoms with Gasteiger partial charge in [-0.05, 0) is 61.6 Å². The summed E-state index contributed by atoms with van der Waals surface area (Å²) in [6.45, 7) is 12.9. The predicted molar refractivity (Wildman–Crippen MR) is 116 cm³/mol. The van der Waals surface area contributed by atoms with Crippen LogP contribution in [0.3, 0.4) is 0 Å². The van der Waals surface area contributed by atoms with Gasteiger partial charge in [0.05, 0.1) is 18.1 Å². The summed E-state index contributed by atoms with van der Waals surface area (Å²) in [4.78, 5) is 20.2. The van der Waals surface area contributed by atoms with Gasteiger partial charge in [0.25, 0.3) is 0 Å². The van der Waals surface area contributed by atoms with Gasteiger partial charge in [-0.2, -0.15) is 0 Å². The lowest BCUT2D eigenvalue weighted by Crippen LogP contribution is -2.27. The smallest absolute Gasteiger partial charge is 0.414 e. The Morgan fingerprint density at radius 2 is 1.72 bits per heavy atom. The standard InChI is InChI=1S/C23H32N4O2/c1-22(2,3)18-10-15(9-17(11-18)16-7-8-16)12-24-19-13-25-20(26-14-19)27-21(28)29-23(4,5)6/h9-11,13-14,16,24H,7-8,12H2,1-6H3,(H,25,26,27,28). The number of nitrogens with one attached hydrogen (secondary N) is 2. The minimum Gasteiger partial charge on any atom is -0.444 e. The zero-order valence-electron chi connectivity index (χ0n) is 18.3. The van der Waals surface area contributed by atoms with Crippen LogP contribution in [0.15, 0.2) is 30.6 Å². The fourth-order valence-electron chi connectivity index (χ4n) is 2.99. The molecule has 0 saturated heterocycles. The van der Waals surface area contributed by atoms with Crippen molar-refractivity contribution in [3.8, 4) is 0 Å². The highest BCUT2D eigenvalue weighted by molar-refractivity contribution is 5.82. The molecule has 0 bridgehead atoms. The Kier molecular flexibility index (Phi) is 5.82. The van der Waals surface area contributed by atoms with E-state index in [0.29, 0.717) is 6.54 Å². The van der Waals surface area contributed by atoms with E-state index >= 15 is 0 Å². The molecule has 1 aliphatic rings. The van der Waals surface area contributed by atoms with Gasteiger partial charge in [-0.3, -0.25) is 5.32 Å². The molecular weight excluding hydrogens is 364 g/mol. The average Bonchev–Trinajstić information content (AvgIpc) is 3.43. The quantitative estimate of drug-likeness (QED) is 0.687. The van der Waals surface area contributed by atoms with E-state index in [9.17, 15) is 4.79 Å². The molecule has 3 rings (SSSR count). The molecule has 156 valence electrons. The Bertz CT molecular complexity index is 860. The van der Waals surface area contributed by atoms with E-state index in [1.54, 1.807) is 12.4 Å². The summed E-state index contributed by atoms with van der Waals surface area (Å²) in [7, 11) is 0. The van der Waals surface area contributed by atoms with Gasteiger partial charge in [0.2, 0.25) is 5.95 Å². The van der Waals surface area contributed by atoms with Crippen LogP contribution < -0.4 is 10.6 Å². The molecule has 6 heteroatoms. The normalized spacial score (nSPS) is 14.4. The minimum absolute atomic E-state index is 0.123. The highest BCUT2D eigenvalue weighted by Gasteiger charge is 2.26. The van der Waals surface area contributed by atoms with Crippen molar-refractivity contribution in [2.75, 3.05) is 10.6 Å². The van der Waals surface area contributed by atoms with Crippen LogP contribution in [-0.2, 0) is 16.7 Å². The summed E-state index contributed by atoms with van der Waals surface area (Å²) in [5.41, 5.74) is 4.43. The summed E-state index contributed by atoms with van der Waals surface area (Å²) >= 11 is 0. The molecule has 0 atom stereocenters. The van der Waals surface area contributed by atoms with Crippen molar-refractivity contribution in [1.29, 1.82) is 0 Å². The van der Waals surface area contributed by atoms with E-state index in [1.165, 1.54) is 29.5 Å². The Labute approximate surface area is 173 Å². The van der Waals surface area contributed by atoms with E-state index in [0.717, 1.165) is 11.6 Å². The molecule has 0 spiro atoms. The molecular formula is C23H32N4O2. The highest BCUT2D eigenvalue weighted by atomic mass is 16.6. The Balaban J connectivity index is 1.63. The summed E-state index contributed by atoms with van der Waals surface area (Å²) in [6.07, 6.45) is 5.34. The molecule has 1 heterocycles. The summed E-state index contributed by atoms with van der Waals surface area (Å²) < 4.78 is 5.21. The molecule has 1 aromatic carbocycles. The zero-order chi connectivity index (χ0) is 21.2. The van der Waals surface area contributed by atoms with Crippen molar-refractivity contribution in [1.82, 2.24) is 9.97 Å². The topological polar surface area (TPSA) is 76.1 Å². The summed E-state index contributed by atoms with van der Waals surface area (Å²) in [5, 5.41) is 5.92. The lowest BCUT2D eigenvalue weighted by Gasteiger charge is -2.21. The zero-order valence-corrected chi connectivity index (χ0v) is 18.3. The summed E-state index contributed by atoms with van der Waals surface area (Å²) in [5.74, 6) is 0.938. The lowest BCUT2D eigenvalue weighted by atomic mass is 9.84. The number of aromatic nitrogens is 2. The van der Waals surface area contributed by atoms with Gasteiger partial charge in [-0.1, -0.05) is 39.0 Å². The van der Waals surface area contributed by atoms with Crippen LogP contribution in [0, 0.1) is 0 Å². The first kappa shape index (κ1) is 21.1. The third kappa shape index (κ3) is 6.44. The molecule has 1 saturated carbocycles. The largest absolute Gasteiger partial charge is 0.444 e.